The molecule has 1 aromatic heterocycles. The van der Waals surface area contributed by atoms with E-state index in [1.165, 1.54) is 6.42 Å². The number of hydrogen-bond acceptors (Lipinski definition) is 3. The van der Waals surface area contributed by atoms with E-state index in [9.17, 15) is 9.90 Å². The molecule has 21 heavy (non-hydrogen) atoms. The van der Waals surface area contributed by atoms with Gasteiger partial charge in [-0.05, 0) is 25.5 Å². The molecule has 0 saturated carbocycles. The van der Waals surface area contributed by atoms with Crippen molar-refractivity contribution >= 4 is 16.7 Å². The number of rotatable bonds is 4. The van der Waals surface area contributed by atoms with Gasteiger partial charge in [-0.15, -0.1) is 0 Å². The average Bonchev–Trinajstić information content (AvgIpc) is 2.81. The highest BCUT2D eigenvalue weighted by Crippen LogP contribution is 2.21. The summed E-state index contributed by atoms with van der Waals surface area (Å²) < 4.78 is 0. The summed E-state index contributed by atoms with van der Waals surface area (Å²) in [6.45, 7) is 1.44. The molecule has 2 aromatic rings. The Labute approximate surface area is 124 Å². The fourth-order valence-corrected chi connectivity index (χ4v) is 3.22. The maximum atomic E-state index is 12.6. The van der Waals surface area contributed by atoms with Crippen molar-refractivity contribution in [3.63, 3.8) is 0 Å². The number of carbonyl (C=O) groups excluding carboxylic acids is 1. The van der Waals surface area contributed by atoms with Gasteiger partial charge in [0.2, 0.25) is 0 Å². The molecule has 4 heteroatoms. The molecule has 1 aliphatic rings. The molecule has 0 bridgehead atoms. The van der Waals surface area contributed by atoms with Crippen LogP contribution in [-0.4, -0.2) is 46.5 Å². The Kier molecular flexibility index (Phi) is 4.36. The number of H-pyrrole nitrogens is 1. The number of nitrogens with zero attached hydrogens (tertiary/aromatic N) is 1. The van der Waals surface area contributed by atoms with Crippen molar-refractivity contribution < 1.29 is 9.90 Å². The van der Waals surface area contributed by atoms with Crippen LogP contribution in [0.15, 0.2) is 30.5 Å². The van der Waals surface area contributed by atoms with Gasteiger partial charge in [-0.1, -0.05) is 31.0 Å². The smallest absolute Gasteiger partial charge is 0.178 e. The molecular weight excluding hydrogens is 264 g/mol. The summed E-state index contributed by atoms with van der Waals surface area (Å²) >= 11 is 0. The van der Waals surface area contributed by atoms with E-state index in [1.54, 1.807) is 6.20 Å². The van der Waals surface area contributed by atoms with Crippen LogP contribution >= 0.6 is 0 Å². The predicted molar refractivity (Wildman–Crippen MR) is 83.5 cm³/mol. The predicted octanol–water partition coefficient (Wildman–Crippen LogP) is 2.59. The van der Waals surface area contributed by atoms with E-state index in [-0.39, 0.29) is 18.4 Å². The van der Waals surface area contributed by atoms with Gasteiger partial charge in [0.25, 0.3) is 0 Å². The highest BCUT2D eigenvalue weighted by Gasteiger charge is 2.23. The number of likely N-dealkylation sites (tertiary alicyclic amines) is 1. The molecule has 1 fully saturated rings. The largest absolute Gasteiger partial charge is 0.395 e. The third-order valence-corrected chi connectivity index (χ3v) is 4.45. The van der Waals surface area contributed by atoms with Crippen molar-refractivity contribution in [3.05, 3.63) is 36.0 Å². The molecule has 1 saturated heterocycles. The molecule has 0 amide bonds. The van der Waals surface area contributed by atoms with E-state index >= 15 is 0 Å². The molecule has 1 atom stereocenters. The Balaban J connectivity index is 1.78. The molecule has 0 spiro atoms. The van der Waals surface area contributed by atoms with E-state index < -0.39 is 0 Å². The fourth-order valence-electron chi connectivity index (χ4n) is 3.22. The minimum absolute atomic E-state index is 0.127. The molecule has 0 aliphatic carbocycles. The molecule has 1 aromatic carbocycles. The van der Waals surface area contributed by atoms with E-state index in [2.05, 4.69) is 9.88 Å². The quantitative estimate of drug-likeness (QED) is 0.849. The van der Waals surface area contributed by atoms with Crippen molar-refractivity contribution in [2.75, 3.05) is 19.7 Å². The zero-order valence-corrected chi connectivity index (χ0v) is 12.2. The SMILES string of the molecule is O=C(CN1CCCCCC1CO)c1c[nH]c2ccccc12. The van der Waals surface area contributed by atoms with Gasteiger partial charge in [-0.25, -0.2) is 0 Å². The minimum Gasteiger partial charge on any atom is -0.395 e. The van der Waals surface area contributed by atoms with Crippen LogP contribution in [0.2, 0.25) is 0 Å². The fraction of sp³-hybridized carbons (Fsp3) is 0.471. The summed E-state index contributed by atoms with van der Waals surface area (Å²) in [7, 11) is 0. The second kappa shape index (κ2) is 6.41. The summed E-state index contributed by atoms with van der Waals surface area (Å²) in [6.07, 6.45) is 6.23. The Morgan fingerprint density at radius 2 is 2.14 bits per heavy atom. The maximum Gasteiger partial charge on any atom is 0.178 e. The number of Topliss-reactive ketones (excluding diaryl/α,β-unsaturated/α-hetero) is 1. The van der Waals surface area contributed by atoms with E-state index in [4.69, 9.17) is 0 Å². The Hall–Kier alpha value is -1.65. The number of carbonyl (C=O) groups is 1. The minimum atomic E-state index is 0.127. The lowest BCUT2D eigenvalue weighted by Gasteiger charge is -2.27. The van der Waals surface area contributed by atoms with Gasteiger partial charge < -0.3 is 10.1 Å². The van der Waals surface area contributed by atoms with Crippen LogP contribution in [0.25, 0.3) is 10.9 Å². The normalized spacial score (nSPS) is 20.5. The molecule has 2 heterocycles. The molecular formula is C17H22N2O2. The maximum absolute atomic E-state index is 12.6. The van der Waals surface area contributed by atoms with Crippen molar-refractivity contribution in [2.45, 2.75) is 31.7 Å². The van der Waals surface area contributed by atoms with Gasteiger partial charge in [-0.2, -0.15) is 0 Å². The molecule has 2 N–H and O–H groups in total. The van der Waals surface area contributed by atoms with Crippen LogP contribution in [-0.2, 0) is 0 Å². The monoisotopic (exact) mass is 286 g/mol. The first-order chi connectivity index (χ1) is 10.3. The lowest BCUT2D eigenvalue weighted by molar-refractivity contribution is 0.0828. The first-order valence-corrected chi connectivity index (χ1v) is 7.74. The average molecular weight is 286 g/mol. The number of fused-ring (bicyclic) bond motifs is 1. The van der Waals surface area contributed by atoms with Crippen molar-refractivity contribution in [1.29, 1.82) is 0 Å². The summed E-state index contributed by atoms with van der Waals surface area (Å²) in [5, 5.41) is 10.5. The zero-order valence-electron chi connectivity index (χ0n) is 12.2. The molecule has 1 unspecified atom stereocenters. The van der Waals surface area contributed by atoms with Crippen LogP contribution in [0, 0.1) is 0 Å². The second-order valence-electron chi connectivity index (χ2n) is 5.83. The molecule has 1 aliphatic heterocycles. The topological polar surface area (TPSA) is 56.3 Å². The lowest BCUT2D eigenvalue weighted by Crippen LogP contribution is -2.40. The Morgan fingerprint density at radius 1 is 1.29 bits per heavy atom. The van der Waals surface area contributed by atoms with Crippen molar-refractivity contribution in [1.82, 2.24) is 9.88 Å². The number of aromatic nitrogens is 1. The highest BCUT2D eigenvalue weighted by molar-refractivity contribution is 6.08. The molecule has 0 radical (unpaired) electrons. The van der Waals surface area contributed by atoms with Gasteiger partial charge in [-0.3, -0.25) is 9.69 Å². The standard InChI is InChI=1S/C17H22N2O2/c20-12-13-6-2-1-5-9-19(13)11-17(21)15-10-18-16-8-4-3-7-14(15)16/h3-4,7-8,10,13,18,20H,1-2,5-6,9,11-12H2. The lowest BCUT2D eigenvalue weighted by atomic mass is 10.1. The van der Waals surface area contributed by atoms with Crippen molar-refractivity contribution in [2.24, 2.45) is 0 Å². The van der Waals surface area contributed by atoms with E-state index in [0.29, 0.717) is 6.54 Å². The number of aliphatic hydroxyl groups excluding tert-OH is 1. The van der Waals surface area contributed by atoms with E-state index in [1.807, 2.05) is 24.3 Å². The van der Waals surface area contributed by atoms with Crippen LogP contribution in [0.4, 0.5) is 0 Å². The molecule has 4 nitrogen and oxygen atoms in total. The number of aromatic amines is 1. The third kappa shape index (κ3) is 3.01. The van der Waals surface area contributed by atoms with Gasteiger partial charge >= 0.3 is 0 Å². The van der Waals surface area contributed by atoms with Crippen LogP contribution in [0.1, 0.15) is 36.0 Å². The summed E-state index contributed by atoms with van der Waals surface area (Å²) in [4.78, 5) is 17.9. The van der Waals surface area contributed by atoms with Crippen LogP contribution < -0.4 is 0 Å². The summed E-state index contributed by atoms with van der Waals surface area (Å²) in [5.41, 5.74) is 1.75. The van der Waals surface area contributed by atoms with Gasteiger partial charge in [0.15, 0.2) is 5.78 Å². The van der Waals surface area contributed by atoms with Crippen LogP contribution in [0.5, 0.6) is 0 Å². The van der Waals surface area contributed by atoms with Crippen LogP contribution in [0.3, 0.4) is 0 Å². The summed E-state index contributed by atoms with van der Waals surface area (Å²) in [6, 6.07) is 8.00. The number of para-hydroxylation sites is 1. The number of hydrogen-bond donors (Lipinski definition) is 2. The Morgan fingerprint density at radius 3 is 3.00 bits per heavy atom. The number of nitrogens with one attached hydrogen (secondary N) is 1. The third-order valence-electron chi connectivity index (χ3n) is 4.45. The van der Waals surface area contributed by atoms with Crippen molar-refractivity contribution in [3.8, 4) is 0 Å². The molecule has 3 rings (SSSR count). The van der Waals surface area contributed by atoms with Gasteiger partial charge in [0.05, 0.1) is 13.2 Å². The molecule has 112 valence electrons. The van der Waals surface area contributed by atoms with Gasteiger partial charge in [0, 0.05) is 28.7 Å². The highest BCUT2D eigenvalue weighted by atomic mass is 16.3. The number of aliphatic hydroxyl groups is 1. The van der Waals surface area contributed by atoms with Gasteiger partial charge in [0.1, 0.15) is 0 Å². The van der Waals surface area contributed by atoms with E-state index in [0.717, 1.165) is 42.3 Å². The number of ketones is 1. The summed E-state index contributed by atoms with van der Waals surface area (Å²) in [5.74, 6) is 0.132. The second-order valence-corrected chi connectivity index (χ2v) is 5.83. The first-order valence-electron chi connectivity index (χ1n) is 7.74. The first kappa shape index (κ1) is 14.3. The zero-order chi connectivity index (χ0) is 14.7. The Bertz CT molecular complexity index is 620. The number of benzene rings is 1.